The van der Waals surface area contributed by atoms with Crippen LogP contribution in [0.15, 0.2) is 71.8 Å². The highest BCUT2D eigenvalue weighted by Crippen LogP contribution is 2.49. The van der Waals surface area contributed by atoms with Crippen molar-refractivity contribution in [2.24, 2.45) is 11.3 Å². The molecule has 216 valence electrons. The van der Waals surface area contributed by atoms with Crippen LogP contribution in [-0.4, -0.2) is 58.1 Å². The molecule has 41 heavy (non-hydrogen) atoms. The number of carbonyl (C=O) groups excluding carboxylic acids is 1. The minimum absolute atomic E-state index is 0.00307. The molecule has 2 aromatic carbocycles. The van der Waals surface area contributed by atoms with Gasteiger partial charge in [0.2, 0.25) is 0 Å². The van der Waals surface area contributed by atoms with E-state index >= 15 is 0 Å². The second-order valence-electron chi connectivity index (χ2n) is 12.1. The minimum Gasteiger partial charge on any atom is -0.324 e. The highest BCUT2D eigenvalue weighted by Gasteiger charge is 2.47. The van der Waals surface area contributed by atoms with Crippen molar-refractivity contribution in [2.75, 3.05) is 26.7 Å². The maximum Gasteiger partial charge on any atom is 0.320 e. The fourth-order valence-electron chi connectivity index (χ4n) is 7.55. The molecule has 3 aliphatic rings. The molecule has 3 fully saturated rings. The summed E-state index contributed by atoms with van der Waals surface area (Å²) in [5.74, 6) is -0.100. The third-order valence-electron chi connectivity index (χ3n) is 9.88. The topological polar surface area (TPSA) is 70.5 Å². The summed E-state index contributed by atoms with van der Waals surface area (Å²) in [6.07, 6.45) is 8.73. The molecule has 6 rings (SSSR count). The van der Waals surface area contributed by atoms with Gasteiger partial charge in [0.05, 0.1) is 18.1 Å². The molecule has 3 heterocycles. The Bertz CT molecular complexity index is 1420. The van der Waals surface area contributed by atoms with Crippen LogP contribution in [0.3, 0.4) is 0 Å². The van der Waals surface area contributed by atoms with Gasteiger partial charge in [-0.05, 0) is 68.2 Å². The van der Waals surface area contributed by atoms with E-state index in [4.69, 9.17) is 0 Å². The van der Waals surface area contributed by atoms with Crippen molar-refractivity contribution in [1.82, 2.24) is 24.7 Å². The van der Waals surface area contributed by atoms with E-state index in [9.17, 15) is 14.0 Å². The lowest BCUT2D eigenvalue weighted by Gasteiger charge is -2.49. The monoisotopic (exact) mass is 557 g/mol. The molecule has 3 aromatic rings. The smallest absolute Gasteiger partial charge is 0.320 e. The molecule has 2 saturated heterocycles. The number of amides is 2. The van der Waals surface area contributed by atoms with Crippen LogP contribution in [-0.2, 0) is 6.54 Å². The first-order valence-electron chi connectivity index (χ1n) is 15.1. The second-order valence-corrected chi connectivity index (χ2v) is 12.1. The average Bonchev–Trinajstić information content (AvgIpc) is 3.47. The lowest BCUT2D eigenvalue weighted by Crippen LogP contribution is -2.56. The number of hydrogen-bond acceptors (Lipinski definition) is 4. The third kappa shape index (κ3) is 5.54. The van der Waals surface area contributed by atoms with Crippen LogP contribution in [0.25, 0.3) is 11.3 Å². The van der Waals surface area contributed by atoms with Gasteiger partial charge in [-0.1, -0.05) is 55.3 Å². The largest absolute Gasteiger partial charge is 0.324 e. The van der Waals surface area contributed by atoms with Gasteiger partial charge in [0, 0.05) is 43.9 Å². The first-order chi connectivity index (χ1) is 20.0. The Kier molecular flexibility index (Phi) is 7.93. The van der Waals surface area contributed by atoms with Gasteiger partial charge < -0.3 is 15.1 Å². The Labute approximate surface area is 241 Å². The molecule has 1 spiro atoms. The molecule has 0 radical (unpaired) electrons. The molecule has 3 atom stereocenters. The third-order valence-corrected chi connectivity index (χ3v) is 9.88. The van der Waals surface area contributed by atoms with E-state index in [1.165, 1.54) is 17.7 Å². The molecule has 1 saturated carbocycles. The molecule has 1 N–H and O–H groups in total. The van der Waals surface area contributed by atoms with Crippen molar-refractivity contribution in [1.29, 1.82) is 0 Å². The van der Waals surface area contributed by atoms with E-state index in [0.717, 1.165) is 58.0 Å². The van der Waals surface area contributed by atoms with E-state index in [2.05, 4.69) is 44.4 Å². The van der Waals surface area contributed by atoms with Gasteiger partial charge in [-0.15, -0.1) is 0 Å². The van der Waals surface area contributed by atoms with E-state index < -0.39 is 0 Å². The van der Waals surface area contributed by atoms with Crippen molar-refractivity contribution in [3.63, 3.8) is 0 Å². The Morgan fingerprint density at radius 1 is 1.05 bits per heavy atom. The van der Waals surface area contributed by atoms with Gasteiger partial charge in [-0.2, -0.15) is 0 Å². The molecular weight excluding hydrogens is 517 g/mol. The summed E-state index contributed by atoms with van der Waals surface area (Å²) in [7, 11) is 2.01. The molecule has 0 unspecified atom stereocenters. The number of carbonyl (C=O) groups is 1. The van der Waals surface area contributed by atoms with Crippen LogP contribution in [0.2, 0.25) is 0 Å². The zero-order valence-electron chi connectivity index (χ0n) is 23.8. The van der Waals surface area contributed by atoms with Gasteiger partial charge in [0.25, 0.3) is 5.56 Å². The van der Waals surface area contributed by atoms with Crippen LogP contribution >= 0.6 is 0 Å². The van der Waals surface area contributed by atoms with E-state index in [-0.39, 0.29) is 34.8 Å². The summed E-state index contributed by atoms with van der Waals surface area (Å²) < 4.78 is 16.0. The average molecular weight is 558 g/mol. The number of hydrogen-bond donors (Lipinski definition) is 1. The number of urea groups is 1. The zero-order chi connectivity index (χ0) is 28.4. The molecule has 2 amide bonds. The Hall–Kier alpha value is -3.52. The van der Waals surface area contributed by atoms with Crippen LogP contribution in [0.4, 0.5) is 9.18 Å². The Balaban J connectivity index is 1.20. The van der Waals surface area contributed by atoms with Crippen molar-refractivity contribution in [3.05, 3.63) is 88.7 Å². The van der Waals surface area contributed by atoms with Crippen LogP contribution in [0, 0.1) is 17.2 Å². The number of likely N-dealkylation sites (tertiary alicyclic amines) is 2. The van der Waals surface area contributed by atoms with Crippen molar-refractivity contribution >= 4 is 6.03 Å². The molecule has 1 aromatic heterocycles. The maximum absolute atomic E-state index is 14.3. The normalized spacial score (nSPS) is 24.1. The Morgan fingerprint density at radius 3 is 2.54 bits per heavy atom. The van der Waals surface area contributed by atoms with Crippen molar-refractivity contribution < 1.29 is 9.18 Å². The molecule has 2 aliphatic heterocycles. The van der Waals surface area contributed by atoms with Gasteiger partial charge in [0.15, 0.2) is 0 Å². The predicted octanol–water partition coefficient (Wildman–Crippen LogP) is 5.48. The van der Waals surface area contributed by atoms with Crippen molar-refractivity contribution in [2.45, 2.75) is 63.6 Å². The summed E-state index contributed by atoms with van der Waals surface area (Å²) in [5.41, 5.74) is 1.72. The first-order valence-corrected chi connectivity index (χ1v) is 15.1. The summed E-state index contributed by atoms with van der Waals surface area (Å²) in [6, 6.07) is 18.8. The van der Waals surface area contributed by atoms with Gasteiger partial charge in [-0.25, -0.2) is 14.2 Å². The lowest BCUT2D eigenvalue weighted by atomic mass is 9.69. The number of benzene rings is 2. The first kappa shape index (κ1) is 27.6. The fraction of sp³-hybridized carbons (Fsp3) is 0.485. The van der Waals surface area contributed by atoms with Gasteiger partial charge >= 0.3 is 6.03 Å². The SMILES string of the molecule is CN[C@@H]1CCN(C(=O)N2CC[C@@H](Cn3cnc(-c4ccccc4F)cc3=O)C3(CCCC3)C2)[C@H](c2ccccc2)C1. The number of nitrogens with zero attached hydrogens (tertiary/aromatic N) is 4. The molecule has 1 aliphatic carbocycles. The number of aromatic nitrogens is 2. The van der Waals surface area contributed by atoms with Crippen molar-refractivity contribution in [3.8, 4) is 11.3 Å². The van der Waals surface area contributed by atoms with Gasteiger partial charge in [-0.3, -0.25) is 9.36 Å². The standard InChI is InChI=1S/C33H40FN5O2/c1-35-26-14-18-39(30(19-26)24-9-3-2-4-10-24)32(41)37-17-13-25(33(22-37)15-7-8-16-33)21-38-23-36-29(20-31(38)40)27-11-5-6-12-28(27)34/h2-6,9-12,20,23,25-26,30,35H,7-8,13-19,21-22H2,1H3/t25-,26+,30-/m0/s1. The lowest BCUT2D eigenvalue weighted by molar-refractivity contribution is 0.0208. The number of nitrogens with one attached hydrogen (secondary N) is 1. The minimum atomic E-state index is -0.385. The molecule has 8 heteroatoms. The highest BCUT2D eigenvalue weighted by atomic mass is 19.1. The number of rotatable bonds is 5. The number of piperidine rings is 2. The van der Waals surface area contributed by atoms with E-state index in [1.807, 2.05) is 13.1 Å². The van der Waals surface area contributed by atoms with E-state index in [0.29, 0.717) is 30.4 Å². The van der Waals surface area contributed by atoms with Crippen LogP contribution in [0.5, 0.6) is 0 Å². The van der Waals surface area contributed by atoms with Gasteiger partial charge in [0.1, 0.15) is 5.82 Å². The fourth-order valence-corrected chi connectivity index (χ4v) is 7.55. The molecular formula is C33H40FN5O2. The second kappa shape index (κ2) is 11.8. The van der Waals surface area contributed by atoms with Crippen LogP contribution in [0.1, 0.15) is 56.6 Å². The Morgan fingerprint density at radius 2 is 1.80 bits per heavy atom. The quantitative estimate of drug-likeness (QED) is 0.451. The summed E-state index contributed by atoms with van der Waals surface area (Å²) in [4.78, 5) is 35.9. The maximum atomic E-state index is 14.3. The van der Waals surface area contributed by atoms with E-state index in [1.54, 1.807) is 29.1 Å². The molecule has 0 bridgehead atoms. The van der Waals surface area contributed by atoms with Crippen LogP contribution < -0.4 is 10.9 Å². The predicted molar refractivity (Wildman–Crippen MR) is 158 cm³/mol. The zero-order valence-corrected chi connectivity index (χ0v) is 23.8. The summed E-state index contributed by atoms with van der Waals surface area (Å²) >= 11 is 0. The summed E-state index contributed by atoms with van der Waals surface area (Å²) in [6.45, 7) is 2.74. The number of halogens is 1. The summed E-state index contributed by atoms with van der Waals surface area (Å²) in [5, 5.41) is 3.43. The highest BCUT2D eigenvalue weighted by molar-refractivity contribution is 5.75. The molecule has 7 nitrogen and oxygen atoms in total.